The fourth-order valence-corrected chi connectivity index (χ4v) is 1.01. The zero-order valence-corrected chi connectivity index (χ0v) is 9.10. The number of benzene rings is 1. The summed E-state index contributed by atoms with van der Waals surface area (Å²) in [4.78, 5) is 21.0. The minimum absolute atomic E-state index is 0.0216. The Morgan fingerprint density at radius 2 is 1.88 bits per heavy atom. The highest BCUT2D eigenvalue weighted by molar-refractivity contribution is 5.83. The summed E-state index contributed by atoms with van der Waals surface area (Å²) in [6, 6.07) is 5.89. The Balaban J connectivity index is 2.56. The highest BCUT2D eigenvalue weighted by atomic mass is 16.6. The van der Waals surface area contributed by atoms with Gasteiger partial charge in [-0.05, 0) is 31.5 Å². The van der Waals surface area contributed by atoms with Crippen molar-refractivity contribution >= 4 is 11.7 Å². The lowest BCUT2D eigenvalue weighted by molar-refractivity contribution is -0.384. The summed E-state index contributed by atoms with van der Waals surface area (Å²) < 4.78 is 4.94. The molecule has 0 unspecified atom stereocenters. The van der Waals surface area contributed by atoms with Crippen LogP contribution in [-0.2, 0) is 16.1 Å². The summed E-state index contributed by atoms with van der Waals surface area (Å²) in [6.07, 6.45) is 0. The topological polar surface area (TPSA) is 69.4 Å². The summed E-state index contributed by atoms with van der Waals surface area (Å²) >= 11 is 0. The summed E-state index contributed by atoms with van der Waals surface area (Å²) in [5.41, 5.74) is 0.744. The molecule has 0 fully saturated rings. The van der Waals surface area contributed by atoms with Gasteiger partial charge < -0.3 is 4.74 Å². The average molecular weight is 222 g/mol. The van der Waals surface area contributed by atoms with E-state index < -0.39 is 4.92 Å². The summed E-state index contributed by atoms with van der Waals surface area (Å²) in [6.45, 7) is 3.46. The van der Waals surface area contributed by atoms with Crippen LogP contribution in [-0.4, -0.2) is 10.9 Å². The molecule has 1 rings (SSSR count). The van der Waals surface area contributed by atoms with E-state index in [-0.39, 0.29) is 18.3 Å². The third kappa shape index (κ3) is 3.34. The number of non-ortho nitro benzene ring substituents is 1. The second-order valence-electron chi connectivity index (χ2n) is 3.50. The Bertz CT molecular complexity index is 383. The summed E-state index contributed by atoms with van der Waals surface area (Å²) in [5, 5.41) is 10.4. The molecule has 0 N–H and O–H groups in total. The fourth-order valence-electron chi connectivity index (χ4n) is 1.01. The minimum Gasteiger partial charge on any atom is -0.460 e. The third-order valence-electron chi connectivity index (χ3n) is 1.93. The number of hydrogen-bond donors (Lipinski definition) is 0. The second kappa shape index (κ2) is 5.25. The Morgan fingerprint density at radius 3 is 2.31 bits per heavy atom. The van der Waals surface area contributed by atoms with Gasteiger partial charge in [0, 0.05) is 12.1 Å². The first kappa shape index (κ1) is 12.2. The van der Waals surface area contributed by atoms with Crippen LogP contribution in [0.25, 0.3) is 0 Å². The molecule has 0 saturated heterocycles. The van der Waals surface area contributed by atoms with Gasteiger partial charge in [-0.2, -0.15) is 0 Å². The number of nitro benzene ring substituents is 1. The smallest absolute Gasteiger partial charge is 0.312 e. The molecule has 0 bridgehead atoms. The molecule has 16 heavy (non-hydrogen) atoms. The molecule has 0 heterocycles. The molecule has 1 aromatic carbocycles. The molecule has 1 aromatic rings. The highest BCUT2D eigenvalue weighted by Crippen LogP contribution is 2.13. The van der Waals surface area contributed by atoms with Gasteiger partial charge in [0.05, 0.1) is 10.8 Å². The van der Waals surface area contributed by atoms with E-state index in [9.17, 15) is 14.9 Å². The van der Waals surface area contributed by atoms with E-state index >= 15 is 0 Å². The lowest BCUT2D eigenvalue weighted by Gasteiger charge is -2.06. The van der Waals surface area contributed by atoms with E-state index in [2.05, 4.69) is 0 Å². The van der Waals surface area contributed by atoms with Gasteiger partial charge >= 0.3 is 5.97 Å². The molecule has 0 aliphatic carbocycles. The number of esters is 1. The van der Waals surface area contributed by atoms with E-state index in [1.807, 2.05) is 0 Å². The predicted octanol–water partition coefficient (Wildman–Crippen LogP) is 2.25. The van der Waals surface area contributed by atoms with Gasteiger partial charge in [0.2, 0.25) is 0 Å². The largest absolute Gasteiger partial charge is 0.460 e. The van der Waals surface area contributed by atoms with E-state index in [4.69, 9.17) is 4.74 Å². The first-order valence-corrected chi connectivity index (χ1v) is 4.71. The fraction of sp³-hybridized carbons (Fsp3) is 0.273. The van der Waals surface area contributed by atoms with Crippen molar-refractivity contribution < 1.29 is 14.5 Å². The Hall–Kier alpha value is -1.91. The van der Waals surface area contributed by atoms with Gasteiger partial charge in [-0.1, -0.05) is 0 Å². The maximum absolute atomic E-state index is 11.1. The molecule has 0 saturated carbocycles. The lowest BCUT2D eigenvalue weighted by atomic mass is 10.2. The Labute approximate surface area is 93.2 Å². The van der Waals surface area contributed by atoms with Gasteiger partial charge in [0.1, 0.15) is 6.61 Å². The third-order valence-corrected chi connectivity index (χ3v) is 1.93. The van der Waals surface area contributed by atoms with Crippen LogP contribution in [0.15, 0.2) is 24.3 Å². The van der Waals surface area contributed by atoms with Crippen molar-refractivity contribution in [2.75, 3.05) is 0 Å². The van der Waals surface area contributed by atoms with Crippen LogP contribution in [0.2, 0.25) is 0 Å². The van der Waals surface area contributed by atoms with E-state index in [1.165, 1.54) is 12.1 Å². The normalized spacial score (nSPS) is 10.2. The number of carbonyl (C=O) groups is 1. The average Bonchev–Trinajstić information content (AvgIpc) is 2.26. The molecule has 0 amide bonds. The zero-order valence-electron chi connectivity index (χ0n) is 9.10. The van der Waals surface area contributed by atoms with Gasteiger partial charge in [0.25, 0.3) is 5.69 Å². The maximum Gasteiger partial charge on any atom is 0.312 e. The van der Waals surface area contributed by atoms with Crippen LogP contribution in [0.5, 0.6) is 0 Å². The first-order chi connectivity index (χ1) is 7.50. The molecule has 0 spiro atoms. The molecular formula is C11H12NO4. The van der Waals surface area contributed by atoms with Gasteiger partial charge in [-0.3, -0.25) is 14.9 Å². The lowest BCUT2D eigenvalue weighted by Crippen LogP contribution is -2.09. The van der Waals surface area contributed by atoms with Crippen LogP contribution in [0.1, 0.15) is 19.4 Å². The van der Waals surface area contributed by atoms with Crippen LogP contribution < -0.4 is 0 Å². The monoisotopic (exact) mass is 222 g/mol. The van der Waals surface area contributed by atoms with Crippen molar-refractivity contribution in [1.82, 2.24) is 0 Å². The van der Waals surface area contributed by atoms with Crippen molar-refractivity contribution in [2.24, 2.45) is 0 Å². The van der Waals surface area contributed by atoms with Crippen molar-refractivity contribution in [1.29, 1.82) is 0 Å². The first-order valence-electron chi connectivity index (χ1n) is 4.71. The SMILES string of the molecule is C[C](C)C(=O)OCc1ccc([N+](=O)[O-])cc1. The summed E-state index contributed by atoms with van der Waals surface area (Å²) in [7, 11) is 0. The molecule has 5 heteroatoms. The number of nitro groups is 1. The van der Waals surface area contributed by atoms with E-state index in [0.29, 0.717) is 5.92 Å². The zero-order chi connectivity index (χ0) is 12.1. The number of ether oxygens (including phenoxy) is 1. The summed E-state index contributed by atoms with van der Waals surface area (Å²) in [5.74, 6) is 0.209. The van der Waals surface area contributed by atoms with Crippen LogP contribution in [0.4, 0.5) is 5.69 Å². The quantitative estimate of drug-likeness (QED) is 0.445. The Morgan fingerprint density at radius 1 is 1.31 bits per heavy atom. The van der Waals surface area contributed by atoms with Crippen molar-refractivity contribution in [3.63, 3.8) is 0 Å². The Kier molecular flexibility index (Phi) is 3.99. The number of carbonyl (C=O) groups excluding carboxylic acids is 1. The van der Waals surface area contributed by atoms with Gasteiger partial charge in [-0.15, -0.1) is 0 Å². The molecule has 85 valence electrons. The van der Waals surface area contributed by atoms with Crippen LogP contribution >= 0.6 is 0 Å². The molecule has 0 aromatic heterocycles. The maximum atomic E-state index is 11.1. The van der Waals surface area contributed by atoms with Gasteiger partial charge in [-0.25, -0.2) is 0 Å². The minimum atomic E-state index is -0.472. The number of rotatable bonds is 4. The number of hydrogen-bond acceptors (Lipinski definition) is 4. The predicted molar refractivity (Wildman–Crippen MR) is 57.5 cm³/mol. The van der Waals surface area contributed by atoms with E-state index in [1.54, 1.807) is 26.0 Å². The van der Waals surface area contributed by atoms with Crippen molar-refractivity contribution in [3.05, 3.63) is 45.9 Å². The number of nitrogens with zero attached hydrogens (tertiary/aromatic N) is 1. The molecule has 0 atom stereocenters. The highest BCUT2D eigenvalue weighted by Gasteiger charge is 2.09. The molecule has 1 radical (unpaired) electrons. The van der Waals surface area contributed by atoms with E-state index in [0.717, 1.165) is 5.56 Å². The second-order valence-corrected chi connectivity index (χ2v) is 3.50. The van der Waals surface area contributed by atoms with Crippen LogP contribution in [0, 0.1) is 16.0 Å². The standard InChI is InChI=1S/C11H12NO4/c1-8(2)11(13)16-7-9-3-5-10(6-4-9)12(14)15/h3-6H,7H2,1-2H3. The van der Waals surface area contributed by atoms with Crippen LogP contribution in [0.3, 0.4) is 0 Å². The molecular weight excluding hydrogens is 210 g/mol. The van der Waals surface area contributed by atoms with Crippen molar-refractivity contribution in [3.8, 4) is 0 Å². The van der Waals surface area contributed by atoms with Gasteiger partial charge in [0.15, 0.2) is 0 Å². The van der Waals surface area contributed by atoms with Crippen molar-refractivity contribution in [2.45, 2.75) is 20.5 Å². The molecule has 5 nitrogen and oxygen atoms in total. The molecule has 0 aliphatic heterocycles. The molecule has 0 aliphatic rings.